The zero-order valence-corrected chi connectivity index (χ0v) is 20.5. The minimum absolute atomic E-state index is 0.0631. The summed E-state index contributed by atoms with van der Waals surface area (Å²) in [5, 5.41) is 14.8. The largest absolute Gasteiger partial charge is 0.481 e. The Bertz CT molecular complexity index is 1070. The molecule has 2 amide bonds. The van der Waals surface area contributed by atoms with Crippen LogP contribution >= 0.6 is 0 Å². The third-order valence-electron chi connectivity index (χ3n) is 7.39. The zero-order chi connectivity index (χ0) is 25.2. The molecule has 0 spiro atoms. The molecule has 7 nitrogen and oxygen atoms in total. The molecule has 0 aromatic heterocycles. The smallest absolute Gasteiger partial charge is 0.407 e. The molecule has 4 rings (SSSR count). The highest BCUT2D eigenvalue weighted by atomic mass is 16.5. The van der Waals surface area contributed by atoms with Crippen molar-refractivity contribution in [2.24, 2.45) is 11.3 Å². The van der Waals surface area contributed by atoms with E-state index in [-0.39, 0.29) is 29.9 Å². The predicted octanol–water partition coefficient (Wildman–Crippen LogP) is 4.70. The van der Waals surface area contributed by atoms with Crippen LogP contribution in [0.4, 0.5) is 4.79 Å². The van der Waals surface area contributed by atoms with Gasteiger partial charge in [0, 0.05) is 12.0 Å². The first-order chi connectivity index (χ1) is 16.6. The van der Waals surface area contributed by atoms with Crippen molar-refractivity contribution in [2.45, 2.75) is 64.5 Å². The number of carbonyl (C=O) groups is 3. The third kappa shape index (κ3) is 5.66. The van der Waals surface area contributed by atoms with Crippen LogP contribution in [0.25, 0.3) is 11.1 Å². The maximum atomic E-state index is 13.0. The number of hydrogen-bond donors (Lipinski definition) is 3. The van der Waals surface area contributed by atoms with E-state index in [4.69, 9.17) is 4.74 Å². The molecule has 0 radical (unpaired) electrons. The molecule has 2 aliphatic rings. The molecule has 186 valence electrons. The van der Waals surface area contributed by atoms with Gasteiger partial charge >= 0.3 is 12.1 Å². The van der Waals surface area contributed by atoms with Crippen molar-refractivity contribution in [1.82, 2.24) is 10.6 Å². The molecule has 1 fully saturated rings. The fraction of sp³-hybridized carbons (Fsp3) is 0.464. The number of alkyl carbamates (subject to hydrolysis) is 1. The van der Waals surface area contributed by atoms with Crippen molar-refractivity contribution in [1.29, 1.82) is 0 Å². The average Bonchev–Trinajstić information content (AvgIpc) is 3.13. The van der Waals surface area contributed by atoms with Crippen LogP contribution in [0.5, 0.6) is 0 Å². The van der Waals surface area contributed by atoms with E-state index in [1.165, 1.54) is 0 Å². The number of fused-ring (bicyclic) bond motifs is 3. The Morgan fingerprint density at radius 1 is 1.06 bits per heavy atom. The lowest BCUT2D eigenvalue weighted by atomic mass is 9.71. The molecule has 3 atom stereocenters. The molecule has 3 unspecified atom stereocenters. The number of aliphatic carboxylic acids is 1. The van der Waals surface area contributed by atoms with Gasteiger partial charge in [0.25, 0.3) is 0 Å². The van der Waals surface area contributed by atoms with E-state index in [1.807, 2.05) is 36.4 Å². The van der Waals surface area contributed by atoms with E-state index in [0.29, 0.717) is 0 Å². The van der Waals surface area contributed by atoms with Gasteiger partial charge in [0.05, 0.1) is 6.42 Å². The standard InChI is InChI=1S/C28H34N2O5/c1-17-12-13-28(2,3)15-24(17)29-26(33)23(14-25(31)32)30-27(34)35-16-22-20-10-6-4-8-18(20)19-9-5-7-11-21(19)22/h4-11,17,22-24H,12-16H2,1-3H3,(H,29,33)(H,30,34)(H,31,32). The Labute approximate surface area is 206 Å². The molecule has 2 aromatic rings. The summed E-state index contributed by atoms with van der Waals surface area (Å²) in [4.78, 5) is 37.1. The molecule has 1 saturated carbocycles. The van der Waals surface area contributed by atoms with Gasteiger partial charge < -0.3 is 20.5 Å². The molecule has 0 heterocycles. The van der Waals surface area contributed by atoms with Crippen molar-refractivity contribution in [2.75, 3.05) is 6.61 Å². The second-order valence-electron chi connectivity index (χ2n) is 10.6. The predicted molar refractivity (Wildman–Crippen MR) is 133 cm³/mol. The normalized spacial score (nSPS) is 21.3. The molecular weight excluding hydrogens is 444 g/mol. The number of ether oxygens (including phenoxy) is 1. The minimum Gasteiger partial charge on any atom is -0.481 e. The summed E-state index contributed by atoms with van der Waals surface area (Å²) in [6, 6.07) is 14.8. The topological polar surface area (TPSA) is 105 Å². The number of rotatable bonds is 7. The molecule has 7 heteroatoms. The summed E-state index contributed by atoms with van der Waals surface area (Å²) < 4.78 is 5.52. The van der Waals surface area contributed by atoms with Crippen molar-refractivity contribution in [3.05, 3.63) is 59.7 Å². The number of nitrogens with one attached hydrogen (secondary N) is 2. The zero-order valence-electron chi connectivity index (χ0n) is 20.5. The first-order valence-electron chi connectivity index (χ1n) is 12.3. The van der Waals surface area contributed by atoms with E-state index in [2.05, 4.69) is 43.5 Å². The quantitative estimate of drug-likeness (QED) is 0.535. The lowest BCUT2D eigenvalue weighted by Gasteiger charge is -2.40. The van der Waals surface area contributed by atoms with Gasteiger partial charge in [-0.05, 0) is 52.8 Å². The monoisotopic (exact) mass is 478 g/mol. The molecule has 35 heavy (non-hydrogen) atoms. The molecule has 0 aliphatic heterocycles. The van der Waals surface area contributed by atoms with Gasteiger partial charge in [-0.3, -0.25) is 9.59 Å². The van der Waals surface area contributed by atoms with Crippen molar-refractivity contribution >= 4 is 18.0 Å². The van der Waals surface area contributed by atoms with Crippen LogP contribution in [0.1, 0.15) is 63.5 Å². The second-order valence-corrected chi connectivity index (χ2v) is 10.6. The lowest BCUT2D eigenvalue weighted by molar-refractivity contribution is -0.140. The average molecular weight is 479 g/mol. The molecule has 3 N–H and O–H groups in total. The van der Waals surface area contributed by atoms with E-state index in [1.54, 1.807) is 0 Å². The van der Waals surface area contributed by atoms with E-state index in [0.717, 1.165) is 41.5 Å². The van der Waals surface area contributed by atoms with Crippen LogP contribution in [0.15, 0.2) is 48.5 Å². The molecule has 2 aromatic carbocycles. The van der Waals surface area contributed by atoms with Gasteiger partial charge in [-0.1, -0.05) is 69.3 Å². The Hall–Kier alpha value is -3.35. The number of carbonyl (C=O) groups excluding carboxylic acids is 2. The minimum atomic E-state index is -1.21. The van der Waals surface area contributed by atoms with Crippen LogP contribution in [0.2, 0.25) is 0 Å². The number of benzene rings is 2. The van der Waals surface area contributed by atoms with E-state index < -0.39 is 30.4 Å². The summed E-state index contributed by atoms with van der Waals surface area (Å²) in [6.45, 7) is 6.52. The number of carboxylic acids is 1. The fourth-order valence-electron chi connectivity index (χ4n) is 5.36. The van der Waals surface area contributed by atoms with Crippen LogP contribution < -0.4 is 10.6 Å². The van der Waals surface area contributed by atoms with Crippen LogP contribution in [-0.2, 0) is 14.3 Å². The fourth-order valence-corrected chi connectivity index (χ4v) is 5.36. The van der Waals surface area contributed by atoms with Crippen LogP contribution in [-0.4, -0.2) is 41.8 Å². The summed E-state index contributed by atoms with van der Waals surface area (Å²) in [7, 11) is 0. The summed E-state index contributed by atoms with van der Waals surface area (Å²) in [5.41, 5.74) is 4.49. The van der Waals surface area contributed by atoms with Gasteiger partial charge in [0.15, 0.2) is 0 Å². The molecular formula is C28H34N2O5. The van der Waals surface area contributed by atoms with Gasteiger partial charge in [0.2, 0.25) is 5.91 Å². The summed E-state index contributed by atoms with van der Waals surface area (Å²) in [6.07, 6.45) is 1.56. The Morgan fingerprint density at radius 3 is 2.26 bits per heavy atom. The SMILES string of the molecule is CC1CCC(C)(C)CC1NC(=O)C(CC(=O)O)NC(=O)OCC1c2ccccc2-c2ccccc21. The Balaban J connectivity index is 1.40. The van der Waals surface area contributed by atoms with Gasteiger partial charge in [-0.25, -0.2) is 4.79 Å². The Kier molecular flexibility index (Phi) is 7.15. The van der Waals surface area contributed by atoms with Gasteiger partial charge in [-0.15, -0.1) is 0 Å². The summed E-state index contributed by atoms with van der Waals surface area (Å²) in [5.74, 6) is -1.49. The summed E-state index contributed by atoms with van der Waals surface area (Å²) >= 11 is 0. The lowest BCUT2D eigenvalue weighted by Crippen LogP contribution is -2.53. The molecule has 0 saturated heterocycles. The highest BCUT2D eigenvalue weighted by molar-refractivity contribution is 5.89. The maximum Gasteiger partial charge on any atom is 0.407 e. The number of amides is 2. The van der Waals surface area contributed by atoms with Crippen molar-refractivity contribution in [3.63, 3.8) is 0 Å². The van der Waals surface area contributed by atoms with Crippen molar-refractivity contribution < 1.29 is 24.2 Å². The van der Waals surface area contributed by atoms with Gasteiger partial charge in [0.1, 0.15) is 12.6 Å². The van der Waals surface area contributed by atoms with Crippen LogP contribution in [0.3, 0.4) is 0 Å². The number of carboxylic acid groups (broad SMARTS) is 1. The second kappa shape index (κ2) is 10.1. The van der Waals surface area contributed by atoms with E-state index in [9.17, 15) is 19.5 Å². The number of hydrogen-bond acceptors (Lipinski definition) is 4. The maximum absolute atomic E-state index is 13.0. The van der Waals surface area contributed by atoms with Gasteiger partial charge in [-0.2, -0.15) is 0 Å². The molecule has 0 bridgehead atoms. The Morgan fingerprint density at radius 2 is 1.66 bits per heavy atom. The van der Waals surface area contributed by atoms with Crippen molar-refractivity contribution in [3.8, 4) is 11.1 Å². The van der Waals surface area contributed by atoms with Crippen LogP contribution in [0, 0.1) is 11.3 Å². The first-order valence-corrected chi connectivity index (χ1v) is 12.3. The third-order valence-corrected chi connectivity index (χ3v) is 7.39. The first kappa shape index (κ1) is 24.8. The van der Waals surface area contributed by atoms with E-state index >= 15 is 0 Å². The highest BCUT2D eigenvalue weighted by Gasteiger charge is 2.36. The molecule has 2 aliphatic carbocycles. The highest BCUT2D eigenvalue weighted by Crippen LogP contribution is 2.44.